The standard InChI is InChI=1S/C12H12Cl2N4OS/c13-7-1-2-9(8(14)5-7)19-3-4-20-12-17-10(15)6-11(16)18-12/h1-2,5-6H,3-4H2,(H4,15,16,17,18). The topological polar surface area (TPSA) is 87.1 Å². The first-order chi connectivity index (χ1) is 9.54. The maximum atomic E-state index is 5.99. The van der Waals surface area contributed by atoms with Crippen molar-refractivity contribution in [2.24, 2.45) is 0 Å². The highest BCUT2D eigenvalue weighted by Crippen LogP contribution is 2.27. The van der Waals surface area contributed by atoms with Gasteiger partial charge in [-0.05, 0) is 18.2 Å². The van der Waals surface area contributed by atoms with Crippen LogP contribution in [-0.4, -0.2) is 22.3 Å². The SMILES string of the molecule is Nc1cc(N)nc(SCCOc2ccc(Cl)cc2Cl)n1. The highest BCUT2D eigenvalue weighted by molar-refractivity contribution is 7.99. The molecule has 1 heterocycles. The minimum Gasteiger partial charge on any atom is -0.491 e. The molecular formula is C12H12Cl2N4OS. The van der Waals surface area contributed by atoms with Gasteiger partial charge in [-0.3, -0.25) is 0 Å². The number of aromatic nitrogens is 2. The van der Waals surface area contributed by atoms with Crippen LogP contribution in [0.2, 0.25) is 10.0 Å². The van der Waals surface area contributed by atoms with E-state index >= 15 is 0 Å². The van der Waals surface area contributed by atoms with Crippen LogP contribution in [0.4, 0.5) is 11.6 Å². The number of nitrogens with zero attached hydrogens (tertiary/aromatic N) is 2. The van der Waals surface area contributed by atoms with Crippen molar-refractivity contribution in [3.8, 4) is 5.75 Å². The van der Waals surface area contributed by atoms with E-state index in [9.17, 15) is 0 Å². The van der Waals surface area contributed by atoms with Gasteiger partial charge in [-0.15, -0.1) is 0 Å². The third-order valence-corrected chi connectivity index (χ3v) is 3.55. The van der Waals surface area contributed by atoms with Crippen molar-refractivity contribution in [3.63, 3.8) is 0 Å². The summed E-state index contributed by atoms with van der Waals surface area (Å²) in [5, 5.41) is 1.57. The number of halogens is 2. The van der Waals surface area contributed by atoms with Crippen molar-refractivity contribution < 1.29 is 4.74 Å². The lowest BCUT2D eigenvalue weighted by atomic mass is 10.3. The van der Waals surface area contributed by atoms with Gasteiger partial charge in [0.25, 0.3) is 0 Å². The minimum atomic E-state index is 0.349. The Balaban J connectivity index is 1.84. The maximum absolute atomic E-state index is 5.99. The molecule has 5 nitrogen and oxygen atoms in total. The van der Waals surface area contributed by atoms with Crippen molar-refractivity contribution in [1.82, 2.24) is 9.97 Å². The lowest BCUT2D eigenvalue weighted by Crippen LogP contribution is -2.03. The molecule has 2 aromatic rings. The van der Waals surface area contributed by atoms with Crippen LogP contribution >= 0.6 is 35.0 Å². The molecule has 0 amide bonds. The monoisotopic (exact) mass is 330 g/mol. The van der Waals surface area contributed by atoms with E-state index in [1.165, 1.54) is 17.8 Å². The molecule has 0 unspecified atom stereocenters. The van der Waals surface area contributed by atoms with E-state index in [0.717, 1.165) is 0 Å². The zero-order valence-electron chi connectivity index (χ0n) is 10.3. The Labute approximate surface area is 130 Å². The van der Waals surface area contributed by atoms with E-state index in [-0.39, 0.29) is 0 Å². The van der Waals surface area contributed by atoms with Crippen LogP contribution in [0.3, 0.4) is 0 Å². The molecule has 0 aliphatic heterocycles. The molecule has 0 bridgehead atoms. The lowest BCUT2D eigenvalue weighted by Gasteiger charge is -2.08. The van der Waals surface area contributed by atoms with Crippen LogP contribution in [0.1, 0.15) is 0 Å². The second-order valence-electron chi connectivity index (χ2n) is 3.77. The van der Waals surface area contributed by atoms with Crippen LogP contribution < -0.4 is 16.2 Å². The highest BCUT2D eigenvalue weighted by Gasteiger charge is 2.04. The number of nitrogen functional groups attached to an aromatic ring is 2. The average Bonchev–Trinajstić information content (AvgIpc) is 2.35. The largest absolute Gasteiger partial charge is 0.491 e. The van der Waals surface area contributed by atoms with Gasteiger partial charge in [0.05, 0.1) is 11.6 Å². The molecule has 0 atom stereocenters. The van der Waals surface area contributed by atoms with Crippen LogP contribution in [0.25, 0.3) is 0 Å². The van der Waals surface area contributed by atoms with E-state index in [4.69, 9.17) is 39.4 Å². The number of thioether (sulfide) groups is 1. The van der Waals surface area contributed by atoms with Gasteiger partial charge in [0.2, 0.25) is 0 Å². The van der Waals surface area contributed by atoms with Crippen molar-refractivity contribution in [2.45, 2.75) is 5.16 Å². The van der Waals surface area contributed by atoms with Crippen LogP contribution in [0.5, 0.6) is 5.75 Å². The fourth-order valence-electron chi connectivity index (χ4n) is 1.40. The molecule has 4 N–H and O–H groups in total. The summed E-state index contributed by atoms with van der Waals surface area (Å²) >= 11 is 13.2. The highest BCUT2D eigenvalue weighted by atomic mass is 35.5. The van der Waals surface area contributed by atoms with Gasteiger partial charge in [0.1, 0.15) is 17.4 Å². The van der Waals surface area contributed by atoms with Gasteiger partial charge in [0, 0.05) is 16.8 Å². The fourth-order valence-corrected chi connectivity index (χ4v) is 2.56. The van der Waals surface area contributed by atoms with E-state index < -0.39 is 0 Å². The molecule has 0 spiro atoms. The second-order valence-corrected chi connectivity index (χ2v) is 5.68. The van der Waals surface area contributed by atoms with Crippen LogP contribution in [-0.2, 0) is 0 Å². The molecule has 20 heavy (non-hydrogen) atoms. The molecule has 0 saturated carbocycles. The molecular weight excluding hydrogens is 319 g/mol. The Morgan fingerprint density at radius 1 is 1.10 bits per heavy atom. The summed E-state index contributed by atoms with van der Waals surface area (Å²) in [7, 11) is 0. The molecule has 1 aromatic heterocycles. The van der Waals surface area contributed by atoms with Gasteiger partial charge < -0.3 is 16.2 Å². The van der Waals surface area contributed by atoms with Crippen molar-refractivity contribution in [3.05, 3.63) is 34.3 Å². The number of anilines is 2. The van der Waals surface area contributed by atoms with E-state index in [1.54, 1.807) is 18.2 Å². The molecule has 0 aliphatic carbocycles. The summed E-state index contributed by atoms with van der Waals surface area (Å²) in [6.45, 7) is 0.448. The zero-order chi connectivity index (χ0) is 14.5. The summed E-state index contributed by atoms with van der Waals surface area (Å²) < 4.78 is 5.54. The molecule has 2 rings (SSSR count). The molecule has 0 aliphatic rings. The Kier molecular flexibility index (Phi) is 5.17. The quantitative estimate of drug-likeness (QED) is 0.497. The average molecular weight is 331 g/mol. The first-order valence-electron chi connectivity index (χ1n) is 5.65. The summed E-state index contributed by atoms with van der Waals surface area (Å²) in [4.78, 5) is 8.12. The van der Waals surface area contributed by atoms with Crippen molar-refractivity contribution in [2.75, 3.05) is 23.8 Å². The summed E-state index contributed by atoms with van der Waals surface area (Å²) in [6.07, 6.45) is 0. The molecule has 0 fully saturated rings. The fraction of sp³-hybridized carbons (Fsp3) is 0.167. The Bertz CT molecular complexity index is 592. The van der Waals surface area contributed by atoms with Gasteiger partial charge in [-0.25, -0.2) is 9.97 Å². The molecule has 106 valence electrons. The number of hydrogen-bond donors (Lipinski definition) is 2. The number of ether oxygens (including phenoxy) is 1. The first kappa shape index (κ1) is 15.0. The predicted octanol–water partition coefficient (Wildman–Crippen LogP) is 3.12. The number of nitrogens with two attached hydrogens (primary N) is 2. The Morgan fingerprint density at radius 3 is 2.45 bits per heavy atom. The van der Waals surface area contributed by atoms with Crippen molar-refractivity contribution >= 4 is 46.6 Å². The van der Waals surface area contributed by atoms with Gasteiger partial charge >= 0.3 is 0 Å². The summed E-state index contributed by atoms with van der Waals surface area (Å²) in [6, 6.07) is 6.59. The molecule has 0 saturated heterocycles. The third kappa shape index (κ3) is 4.33. The second kappa shape index (κ2) is 6.88. The lowest BCUT2D eigenvalue weighted by molar-refractivity contribution is 0.344. The normalized spacial score (nSPS) is 10.5. The maximum Gasteiger partial charge on any atom is 0.191 e. The summed E-state index contributed by atoms with van der Waals surface area (Å²) in [5.41, 5.74) is 11.2. The number of hydrogen-bond acceptors (Lipinski definition) is 6. The molecule has 0 radical (unpaired) electrons. The smallest absolute Gasteiger partial charge is 0.191 e. The van der Waals surface area contributed by atoms with E-state index in [1.807, 2.05) is 0 Å². The predicted molar refractivity (Wildman–Crippen MR) is 83.5 cm³/mol. The van der Waals surface area contributed by atoms with Gasteiger partial charge in [0.15, 0.2) is 5.16 Å². The van der Waals surface area contributed by atoms with Crippen LogP contribution in [0, 0.1) is 0 Å². The number of rotatable bonds is 5. The Morgan fingerprint density at radius 2 is 1.80 bits per heavy atom. The van der Waals surface area contributed by atoms with Gasteiger partial charge in [-0.1, -0.05) is 35.0 Å². The zero-order valence-corrected chi connectivity index (χ0v) is 12.7. The summed E-state index contributed by atoms with van der Waals surface area (Å²) in [5.74, 6) is 1.93. The first-order valence-corrected chi connectivity index (χ1v) is 7.39. The van der Waals surface area contributed by atoms with Gasteiger partial charge in [-0.2, -0.15) is 0 Å². The third-order valence-electron chi connectivity index (χ3n) is 2.21. The minimum absolute atomic E-state index is 0.349. The van der Waals surface area contributed by atoms with Crippen LogP contribution in [0.15, 0.2) is 29.4 Å². The van der Waals surface area contributed by atoms with Crippen molar-refractivity contribution in [1.29, 1.82) is 0 Å². The Hall–Kier alpha value is -1.37. The molecule has 8 heteroatoms. The molecule has 1 aromatic carbocycles. The van der Waals surface area contributed by atoms with E-state index in [2.05, 4.69) is 9.97 Å². The van der Waals surface area contributed by atoms with E-state index in [0.29, 0.717) is 44.9 Å². The number of benzene rings is 1.